The summed E-state index contributed by atoms with van der Waals surface area (Å²) in [5.74, 6) is 0.469. The maximum atomic E-state index is 12.9. The van der Waals surface area contributed by atoms with Crippen molar-refractivity contribution in [3.63, 3.8) is 0 Å². The number of carbonyl (C=O) groups is 2. The lowest BCUT2D eigenvalue weighted by atomic mass is 10.0. The van der Waals surface area contributed by atoms with E-state index in [1.165, 1.54) is 11.6 Å². The molecule has 2 aromatic rings. The molecule has 0 aromatic heterocycles. The summed E-state index contributed by atoms with van der Waals surface area (Å²) in [5, 5.41) is 2.79. The number of ether oxygens (including phenoxy) is 1. The molecule has 152 valence electrons. The lowest BCUT2D eigenvalue weighted by molar-refractivity contribution is -0.135. The number of hydrogen-bond donors (Lipinski definition) is 1. The van der Waals surface area contributed by atoms with Gasteiger partial charge in [0.1, 0.15) is 11.8 Å². The SMILES string of the molecule is COc1ccc(/C=C/C(=O)NC(C)C(=O)N2CCCC2Cc2ccccc2)cc1. The molecule has 5 nitrogen and oxygen atoms in total. The van der Waals surface area contributed by atoms with Gasteiger partial charge in [0, 0.05) is 18.7 Å². The molecule has 0 radical (unpaired) electrons. The van der Waals surface area contributed by atoms with E-state index in [4.69, 9.17) is 4.74 Å². The van der Waals surface area contributed by atoms with Crippen molar-refractivity contribution in [1.82, 2.24) is 10.2 Å². The number of hydrogen-bond acceptors (Lipinski definition) is 3. The van der Waals surface area contributed by atoms with E-state index in [0.29, 0.717) is 0 Å². The first-order chi connectivity index (χ1) is 14.1. The van der Waals surface area contributed by atoms with E-state index in [1.807, 2.05) is 47.4 Å². The standard InChI is InChI=1S/C24H28N2O3/c1-18(25-23(27)15-12-19-10-13-22(29-2)14-11-19)24(28)26-16-6-9-21(26)17-20-7-4-3-5-8-20/h3-5,7-8,10-15,18,21H,6,9,16-17H2,1-2H3,(H,25,27)/b15-12+. The molecule has 5 heteroatoms. The molecule has 2 amide bonds. The zero-order valence-electron chi connectivity index (χ0n) is 17.0. The molecule has 1 N–H and O–H groups in total. The van der Waals surface area contributed by atoms with Crippen molar-refractivity contribution in [2.75, 3.05) is 13.7 Å². The first kappa shape index (κ1) is 20.6. The number of likely N-dealkylation sites (tertiary alicyclic amines) is 1. The highest BCUT2D eigenvalue weighted by atomic mass is 16.5. The Labute approximate surface area is 172 Å². The summed E-state index contributed by atoms with van der Waals surface area (Å²) in [4.78, 5) is 27.1. The molecule has 0 saturated carbocycles. The molecular formula is C24H28N2O3. The third-order valence-corrected chi connectivity index (χ3v) is 5.25. The molecule has 3 rings (SSSR count). The van der Waals surface area contributed by atoms with Gasteiger partial charge in [-0.1, -0.05) is 42.5 Å². The van der Waals surface area contributed by atoms with Crippen LogP contribution >= 0.6 is 0 Å². The van der Waals surface area contributed by atoms with Gasteiger partial charge in [-0.05, 0) is 55.5 Å². The van der Waals surface area contributed by atoms with Crippen molar-refractivity contribution in [1.29, 1.82) is 0 Å². The van der Waals surface area contributed by atoms with Crippen LogP contribution in [0.3, 0.4) is 0 Å². The first-order valence-electron chi connectivity index (χ1n) is 10.0. The lowest BCUT2D eigenvalue weighted by Crippen LogP contribution is -2.48. The van der Waals surface area contributed by atoms with Crippen LogP contribution in [0, 0.1) is 0 Å². The number of benzene rings is 2. The van der Waals surface area contributed by atoms with Crippen molar-refractivity contribution in [2.45, 2.75) is 38.3 Å². The second-order valence-electron chi connectivity index (χ2n) is 7.35. The van der Waals surface area contributed by atoms with E-state index in [9.17, 15) is 9.59 Å². The maximum Gasteiger partial charge on any atom is 0.245 e. The fourth-order valence-electron chi connectivity index (χ4n) is 3.68. The second kappa shape index (κ2) is 9.92. The largest absolute Gasteiger partial charge is 0.497 e. The molecule has 0 aliphatic carbocycles. The topological polar surface area (TPSA) is 58.6 Å². The fraction of sp³-hybridized carbons (Fsp3) is 0.333. The second-order valence-corrected chi connectivity index (χ2v) is 7.35. The predicted octanol–water partition coefficient (Wildman–Crippen LogP) is 3.45. The van der Waals surface area contributed by atoms with E-state index in [0.717, 1.165) is 37.1 Å². The van der Waals surface area contributed by atoms with Crippen LogP contribution in [0.15, 0.2) is 60.7 Å². The third-order valence-electron chi connectivity index (χ3n) is 5.25. The van der Waals surface area contributed by atoms with E-state index < -0.39 is 6.04 Å². The Hall–Kier alpha value is -3.08. The lowest BCUT2D eigenvalue weighted by Gasteiger charge is -2.28. The summed E-state index contributed by atoms with van der Waals surface area (Å²) >= 11 is 0. The van der Waals surface area contributed by atoms with Crippen LogP contribution in [0.25, 0.3) is 6.08 Å². The minimum absolute atomic E-state index is 0.0189. The molecule has 1 aliphatic rings. The highest BCUT2D eigenvalue weighted by molar-refractivity contribution is 5.95. The number of amides is 2. The monoisotopic (exact) mass is 392 g/mol. The average Bonchev–Trinajstić information content (AvgIpc) is 3.20. The number of carbonyl (C=O) groups excluding carboxylic acids is 2. The molecule has 2 unspecified atom stereocenters. The molecule has 1 saturated heterocycles. The maximum absolute atomic E-state index is 12.9. The molecule has 0 spiro atoms. The molecule has 2 aromatic carbocycles. The summed E-state index contributed by atoms with van der Waals surface area (Å²) in [5.41, 5.74) is 2.12. The van der Waals surface area contributed by atoms with Gasteiger partial charge in [-0.2, -0.15) is 0 Å². The van der Waals surface area contributed by atoms with Gasteiger partial charge < -0.3 is 15.0 Å². The van der Waals surface area contributed by atoms with E-state index in [2.05, 4.69) is 17.4 Å². The summed E-state index contributed by atoms with van der Waals surface area (Å²) in [6, 6.07) is 17.3. The fourth-order valence-corrected chi connectivity index (χ4v) is 3.68. The first-order valence-corrected chi connectivity index (χ1v) is 10.0. The van der Waals surface area contributed by atoms with Crippen LogP contribution in [0.5, 0.6) is 5.75 Å². The van der Waals surface area contributed by atoms with Crippen molar-refractivity contribution in [3.8, 4) is 5.75 Å². The van der Waals surface area contributed by atoms with Gasteiger partial charge in [-0.25, -0.2) is 0 Å². The highest BCUT2D eigenvalue weighted by Gasteiger charge is 2.31. The van der Waals surface area contributed by atoms with E-state index >= 15 is 0 Å². The van der Waals surface area contributed by atoms with Crippen LogP contribution in [0.1, 0.15) is 30.9 Å². The van der Waals surface area contributed by atoms with Gasteiger partial charge >= 0.3 is 0 Å². The van der Waals surface area contributed by atoms with Gasteiger partial charge in [0.2, 0.25) is 11.8 Å². The van der Waals surface area contributed by atoms with E-state index in [1.54, 1.807) is 20.1 Å². The van der Waals surface area contributed by atoms with Gasteiger partial charge in [0.05, 0.1) is 7.11 Å². The van der Waals surface area contributed by atoms with Crippen LogP contribution in [0.2, 0.25) is 0 Å². The summed E-state index contributed by atoms with van der Waals surface area (Å²) in [7, 11) is 1.61. The molecular weight excluding hydrogens is 364 g/mol. The Bertz CT molecular complexity index is 846. The number of methoxy groups -OCH3 is 1. The molecule has 0 bridgehead atoms. The molecule has 1 fully saturated rings. The summed E-state index contributed by atoms with van der Waals surface area (Å²) in [6.45, 7) is 2.50. The minimum atomic E-state index is -0.556. The molecule has 29 heavy (non-hydrogen) atoms. The smallest absolute Gasteiger partial charge is 0.245 e. The Balaban J connectivity index is 1.54. The van der Waals surface area contributed by atoms with Crippen LogP contribution < -0.4 is 10.1 Å². The minimum Gasteiger partial charge on any atom is -0.497 e. The molecule has 1 heterocycles. The molecule has 1 aliphatic heterocycles. The van der Waals surface area contributed by atoms with Crippen molar-refractivity contribution in [3.05, 3.63) is 71.8 Å². The molecule has 2 atom stereocenters. The van der Waals surface area contributed by atoms with Gasteiger partial charge in [0.15, 0.2) is 0 Å². The number of rotatable bonds is 7. The Morgan fingerprint density at radius 2 is 1.90 bits per heavy atom. The van der Waals surface area contributed by atoms with Gasteiger partial charge in [-0.15, -0.1) is 0 Å². The highest BCUT2D eigenvalue weighted by Crippen LogP contribution is 2.22. The predicted molar refractivity (Wildman–Crippen MR) is 115 cm³/mol. The summed E-state index contributed by atoms with van der Waals surface area (Å²) in [6.07, 6.45) is 6.03. The zero-order valence-corrected chi connectivity index (χ0v) is 17.0. The van der Waals surface area contributed by atoms with Crippen LogP contribution in [0.4, 0.5) is 0 Å². The zero-order chi connectivity index (χ0) is 20.6. The number of nitrogens with zero attached hydrogens (tertiary/aromatic N) is 1. The Morgan fingerprint density at radius 1 is 1.17 bits per heavy atom. The van der Waals surface area contributed by atoms with Gasteiger partial charge in [-0.3, -0.25) is 9.59 Å². The average molecular weight is 392 g/mol. The van der Waals surface area contributed by atoms with Crippen LogP contribution in [-0.2, 0) is 16.0 Å². The quantitative estimate of drug-likeness (QED) is 0.735. The van der Waals surface area contributed by atoms with Gasteiger partial charge in [0.25, 0.3) is 0 Å². The Morgan fingerprint density at radius 3 is 2.59 bits per heavy atom. The normalized spacial score (nSPS) is 17.3. The number of nitrogens with one attached hydrogen (secondary N) is 1. The van der Waals surface area contributed by atoms with Crippen molar-refractivity contribution in [2.24, 2.45) is 0 Å². The van der Waals surface area contributed by atoms with Crippen LogP contribution in [-0.4, -0.2) is 42.5 Å². The Kier molecular flexibility index (Phi) is 7.06. The van der Waals surface area contributed by atoms with E-state index in [-0.39, 0.29) is 17.9 Å². The third kappa shape index (κ3) is 5.70. The summed E-state index contributed by atoms with van der Waals surface area (Å²) < 4.78 is 5.12. The van der Waals surface area contributed by atoms with Crippen molar-refractivity contribution >= 4 is 17.9 Å². The van der Waals surface area contributed by atoms with Crippen molar-refractivity contribution < 1.29 is 14.3 Å².